The molecule has 0 atom stereocenters. The highest BCUT2D eigenvalue weighted by Gasteiger charge is 2.20. The van der Waals surface area contributed by atoms with Gasteiger partial charge in [-0.2, -0.15) is 0 Å². The molecule has 0 spiro atoms. The zero-order valence-electron chi connectivity index (χ0n) is 11.8. The first kappa shape index (κ1) is 15.0. The molecule has 0 aliphatic rings. The average molecular weight is 211 g/mol. The Balaban J connectivity index is 3.74. The van der Waals surface area contributed by atoms with Crippen molar-refractivity contribution in [2.45, 2.75) is 80.1 Å². The third-order valence-corrected chi connectivity index (χ3v) is 3.56. The summed E-state index contributed by atoms with van der Waals surface area (Å²) in [6.45, 7) is 14.1. The van der Waals surface area contributed by atoms with E-state index < -0.39 is 0 Å². The largest absolute Gasteiger partial charge is 0.0654 e. The maximum atomic E-state index is 2.51. The molecule has 15 heavy (non-hydrogen) atoms. The van der Waals surface area contributed by atoms with Crippen LogP contribution in [-0.2, 0) is 0 Å². The summed E-state index contributed by atoms with van der Waals surface area (Å²) in [5, 5.41) is 0. The molecule has 0 bridgehead atoms. The highest BCUT2D eigenvalue weighted by Crippen LogP contribution is 2.33. The summed E-state index contributed by atoms with van der Waals surface area (Å²) in [4.78, 5) is 0. The van der Waals surface area contributed by atoms with Gasteiger partial charge in [0.05, 0.1) is 0 Å². The quantitative estimate of drug-likeness (QED) is 0.488. The topological polar surface area (TPSA) is 0 Å². The first-order valence-corrected chi connectivity index (χ1v) is 6.64. The van der Waals surface area contributed by atoms with Crippen molar-refractivity contribution in [3.8, 4) is 0 Å². The molecule has 1 radical (unpaired) electrons. The lowest BCUT2D eigenvalue weighted by molar-refractivity contribution is 0.287. The van der Waals surface area contributed by atoms with Gasteiger partial charge < -0.3 is 0 Å². The molecule has 0 aliphatic carbocycles. The van der Waals surface area contributed by atoms with Crippen molar-refractivity contribution in [1.29, 1.82) is 0 Å². The third kappa shape index (κ3) is 7.88. The predicted molar refractivity (Wildman–Crippen MR) is 70.9 cm³/mol. The van der Waals surface area contributed by atoms with Crippen LogP contribution < -0.4 is 0 Å². The molecule has 0 heterocycles. The van der Waals surface area contributed by atoms with Gasteiger partial charge in [0.2, 0.25) is 0 Å². The molecule has 0 aromatic heterocycles. The van der Waals surface area contributed by atoms with Crippen LogP contribution in [0.3, 0.4) is 0 Å². The number of rotatable bonds is 8. The molecule has 0 nitrogen and oxygen atoms in total. The van der Waals surface area contributed by atoms with Gasteiger partial charge in [0.1, 0.15) is 0 Å². The molecule has 0 unspecified atom stereocenters. The standard InChI is InChI=1S/C15H31/c1-7-9-11-15(5,6)13-10-12-14(3,4)8-2/h10H,7-9,11-13H2,1-6H3. The molecule has 0 aromatic rings. The Morgan fingerprint density at radius 2 is 1.40 bits per heavy atom. The molecule has 0 heteroatoms. The second kappa shape index (κ2) is 6.55. The first-order chi connectivity index (χ1) is 6.83. The smallest absolute Gasteiger partial charge is 0.0351 e. The summed E-state index contributed by atoms with van der Waals surface area (Å²) in [6, 6.07) is 0. The van der Waals surface area contributed by atoms with Crippen molar-refractivity contribution in [1.82, 2.24) is 0 Å². The minimum absolute atomic E-state index is 0.501. The summed E-state index contributed by atoms with van der Waals surface area (Å²) in [6.07, 6.45) is 10.4. The fourth-order valence-electron chi connectivity index (χ4n) is 1.76. The SMILES string of the molecule is CCCCC(C)(C)C[CH]CC(C)(C)CC. The van der Waals surface area contributed by atoms with Crippen molar-refractivity contribution >= 4 is 0 Å². The second-order valence-corrected chi connectivity index (χ2v) is 6.48. The van der Waals surface area contributed by atoms with Crippen molar-refractivity contribution in [2.24, 2.45) is 10.8 Å². The van der Waals surface area contributed by atoms with Crippen LogP contribution in [-0.4, -0.2) is 0 Å². The van der Waals surface area contributed by atoms with Crippen LogP contribution in [0.1, 0.15) is 80.1 Å². The van der Waals surface area contributed by atoms with Gasteiger partial charge >= 0.3 is 0 Å². The molecule has 0 fully saturated rings. The zero-order chi connectivity index (χ0) is 11.9. The highest BCUT2D eigenvalue weighted by molar-refractivity contribution is 4.82. The average Bonchev–Trinajstić information content (AvgIpc) is 2.14. The normalized spacial score (nSPS) is 13.2. The van der Waals surface area contributed by atoms with Crippen LogP contribution in [0.5, 0.6) is 0 Å². The summed E-state index contributed by atoms with van der Waals surface area (Å²) < 4.78 is 0. The van der Waals surface area contributed by atoms with Crippen molar-refractivity contribution in [3.63, 3.8) is 0 Å². The van der Waals surface area contributed by atoms with E-state index in [1.165, 1.54) is 38.5 Å². The Labute approximate surface area is 97.8 Å². The highest BCUT2D eigenvalue weighted by atomic mass is 14.3. The molecule has 0 saturated carbocycles. The Morgan fingerprint density at radius 3 is 1.87 bits per heavy atom. The number of hydrogen-bond donors (Lipinski definition) is 0. The summed E-state index contributed by atoms with van der Waals surface area (Å²) >= 11 is 0. The Morgan fingerprint density at radius 1 is 0.867 bits per heavy atom. The lowest BCUT2D eigenvalue weighted by atomic mass is 9.78. The molecule has 91 valence electrons. The molecular weight excluding hydrogens is 180 g/mol. The molecule has 0 aliphatic heterocycles. The molecule has 0 aromatic carbocycles. The Hall–Kier alpha value is 0. The lowest BCUT2D eigenvalue weighted by Gasteiger charge is -2.27. The van der Waals surface area contributed by atoms with E-state index in [4.69, 9.17) is 0 Å². The van der Waals surface area contributed by atoms with Crippen LogP contribution in [0.15, 0.2) is 0 Å². The van der Waals surface area contributed by atoms with Gasteiger partial charge in [-0.15, -0.1) is 0 Å². The maximum absolute atomic E-state index is 2.51. The van der Waals surface area contributed by atoms with E-state index in [1.807, 2.05) is 0 Å². The van der Waals surface area contributed by atoms with Crippen LogP contribution >= 0.6 is 0 Å². The van der Waals surface area contributed by atoms with Crippen molar-refractivity contribution in [2.75, 3.05) is 0 Å². The lowest BCUT2D eigenvalue weighted by Crippen LogP contribution is -2.15. The van der Waals surface area contributed by atoms with Gasteiger partial charge in [-0.05, 0) is 36.5 Å². The minimum Gasteiger partial charge on any atom is -0.0654 e. The minimum atomic E-state index is 0.501. The fourth-order valence-corrected chi connectivity index (χ4v) is 1.76. The number of unbranched alkanes of at least 4 members (excludes halogenated alkanes) is 1. The molecular formula is C15H31. The zero-order valence-corrected chi connectivity index (χ0v) is 11.8. The second-order valence-electron chi connectivity index (χ2n) is 6.48. The first-order valence-electron chi connectivity index (χ1n) is 6.64. The van der Waals surface area contributed by atoms with E-state index in [0.29, 0.717) is 10.8 Å². The summed E-state index contributed by atoms with van der Waals surface area (Å²) in [5.41, 5.74) is 1.01. The van der Waals surface area contributed by atoms with E-state index in [2.05, 4.69) is 48.0 Å². The molecule has 0 saturated heterocycles. The Kier molecular flexibility index (Phi) is 6.55. The third-order valence-electron chi connectivity index (χ3n) is 3.56. The monoisotopic (exact) mass is 211 g/mol. The van der Waals surface area contributed by atoms with Crippen LogP contribution in [0.25, 0.3) is 0 Å². The van der Waals surface area contributed by atoms with Gasteiger partial charge in [0.15, 0.2) is 0 Å². The van der Waals surface area contributed by atoms with E-state index in [-0.39, 0.29) is 0 Å². The van der Waals surface area contributed by atoms with Crippen molar-refractivity contribution in [3.05, 3.63) is 6.42 Å². The van der Waals surface area contributed by atoms with E-state index in [1.54, 1.807) is 0 Å². The van der Waals surface area contributed by atoms with Crippen LogP contribution in [0.2, 0.25) is 0 Å². The van der Waals surface area contributed by atoms with E-state index in [0.717, 1.165) is 0 Å². The summed E-state index contributed by atoms with van der Waals surface area (Å²) in [7, 11) is 0. The van der Waals surface area contributed by atoms with Gasteiger partial charge in [-0.3, -0.25) is 0 Å². The van der Waals surface area contributed by atoms with E-state index >= 15 is 0 Å². The summed E-state index contributed by atoms with van der Waals surface area (Å²) in [5.74, 6) is 0. The molecule has 0 N–H and O–H groups in total. The van der Waals surface area contributed by atoms with Gasteiger partial charge in [0, 0.05) is 0 Å². The fraction of sp³-hybridized carbons (Fsp3) is 0.933. The Bertz CT molecular complexity index is 153. The predicted octanol–water partition coefficient (Wildman–Crippen LogP) is 5.62. The van der Waals surface area contributed by atoms with Crippen LogP contribution in [0.4, 0.5) is 0 Å². The van der Waals surface area contributed by atoms with Gasteiger partial charge in [0.25, 0.3) is 0 Å². The van der Waals surface area contributed by atoms with Crippen LogP contribution in [0, 0.1) is 17.3 Å². The molecule has 0 rings (SSSR count). The maximum Gasteiger partial charge on any atom is -0.0351 e. The van der Waals surface area contributed by atoms with E-state index in [9.17, 15) is 0 Å². The molecule has 0 amide bonds. The van der Waals surface area contributed by atoms with Crippen molar-refractivity contribution < 1.29 is 0 Å². The number of hydrogen-bond acceptors (Lipinski definition) is 0. The van der Waals surface area contributed by atoms with Gasteiger partial charge in [-0.25, -0.2) is 0 Å². The van der Waals surface area contributed by atoms with Gasteiger partial charge in [-0.1, -0.05) is 60.8 Å².